The topological polar surface area (TPSA) is 72.5 Å². The number of nitrogens with one attached hydrogen (secondary N) is 1. The average Bonchev–Trinajstić information content (AvgIpc) is 3.20. The fourth-order valence-corrected chi connectivity index (χ4v) is 3.47. The predicted molar refractivity (Wildman–Crippen MR) is 95.0 cm³/mol. The summed E-state index contributed by atoms with van der Waals surface area (Å²) in [4.78, 5) is 37.2. The predicted octanol–water partition coefficient (Wildman–Crippen LogP) is 3.64. The van der Waals surface area contributed by atoms with Crippen LogP contribution in [0, 0.1) is 5.92 Å². The van der Waals surface area contributed by atoms with Gasteiger partial charge in [0.2, 0.25) is 5.78 Å². The minimum absolute atomic E-state index is 0.173. The maximum atomic E-state index is 12.2. The molecule has 0 fully saturated rings. The second-order valence-corrected chi connectivity index (χ2v) is 7.97. The van der Waals surface area contributed by atoms with Crippen LogP contribution < -0.4 is 5.32 Å². The summed E-state index contributed by atoms with van der Waals surface area (Å²) in [7, 11) is 0. The number of carbonyl (C=O) groups is 3. The number of carbonyl (C=O) groups excluding carboxylic acids is 3. The number of thiophene rings is 2. The molecule has 0 aliphatic carbocycles. The number of hydrogen-bond donors (Lipinski definition) is 1. The lowest BCUT2D eigenvalue weighted by Crippen LogP contribution is -2.45. The first-order valence-electron chi connectivity index (χ1n) is 7.18. The molecule has 24 heavy (non-hydrogen) atoms. The van der Waals surface area contributed by atoms with Crippen molar-refractivity contribution >= 4 is 51.9 Å². The molecule has 0 saturated carbocycles. The summed E-state index contributed by atoms with van der Waals surface area (Å²) in [5, 5.41) is 4.43. The van der Waals surface area contributed by atoms with Crippen molar-refractivity contribution in [2.75, 3.05) is 6.61 Å². The van der Waals surface area contributed by atoms with Gasteiger partial charge in [0.15, 0.2) is 6.61 Å². The van der Waals surface area contributed by atoms with Crippen LogP contribution in [0.25, 0.3) is 0 Å². The maximum absolute atomic E-state index is 12.2. The zero-order chi connectivity index (χ0) is 17.7. The molecule has 2 heterocycles. The van der Waals surface area contributed by atoms with Gasteiger partial charge in [-0.1, -0.05) is 31.5 Å². The summed E-state index contributed by atoms with van der Waals surface area (Å²) in [6, 6.07) is 5.81. The molecule has 0 spiro atoms. The molecule has 1 atom stereocenters. The monoisotopic (exact) mass is 385 g/mol. The van der Waals surface area contributed by atoms with Gasteiger partial charge in [-0.05, 0) is 29.5 Å². The number of hydrogen-bond acceptors (Lipinski definition) is 6. The lowest BCUT2D eigenvalue weighted by Gasteiger charge is -2.20. The standard InChI is InChI=1S/C16H16ClNO4S2/c1-9(2)14(18-15(20)12-4-3-7-23-12)16(21)22-8-10(19)11-5-6-13(17)24-11/h3-7,9,14H,8H2,1-2H3,(H,18,20). The van der Waals surface area contributed by atoms with E-state index in [9.17, 15) is 14.4 Å². The molecule has 1 N–H and O–H groups in total. The molecule has 2 rings (SSSR count). The first kappa shape index (κ1) is 18.6. The fraction of sp³-hybridized carbons (Fsp3) is 0.312. The highest BCUT2D eigenvalue weighted by Gasteiger charge is 2.27. The Morgan fingerprint density at radius 2 is 1.96 bits per heavy atom. The van der Waals surface area contributed by atoms with Gasteiger partial charge in [0, 0.05) is 0 Å². The van der Waals surface area contributed by atoms with Gasteiger partial charge < -0.3 is 10.1 Å². The smallest absolute Gasteiger partial charge is 0.329 e. The Morgan fingerprint density at radius 1 is 1.21 bits per heavy atom. The van der Waals surface area contributed by atoms with Gasteiger partial charge in [-0.2, -0.15) is 0 Å². The quantitative estimate of drug-likeness (QED) is 0.583. The highest BCUT2D eigenvalue weighted by molar-refractivity contribution is 7.18. The number of esters is 1. The Hall–Kier alpha value is -1.70. The van der Waals surface area contributed by atoms with Crippen LogP contribution >= 0.6 is 34.3 Å². The largest absolute Gasteiger partial charge is 0.456 e. The SMILES string of the molecule is CC(C)C(NC(=O)c1cccs1)C(=O)OCC(=O)c1ccc(Cl)s1. The van der Waals surface area contributed by atoms with Crippen LogP contribution in [0.3, 0.4) is 0 Å². The molecule has 0 aliphatic rings. The number of ketones is 1. The molecule has 1 unspecified atom stereocenters. The summed E-state index contributed by atoms with van der Waals surface area (Å²) >= 11 is 8.19. The average molecular weight is 386 g/mol. The summed E-state index contributed by atoms with van der Waals surface area (Å²) in [6.07, 6.45) is 0. The highest BCUT2D eigenvalue weighted by atomic mass is 35.5. The van der Waals surface area contributed by atoms with Crippen LogP contribution in [0.5, 0.6) is 0 Å². The number of Topliss-reactive ketones (excluding diaryl/α,β-unsaturated/α-hetero) is 1. The molecule has 5 nitrogen and oxygen atoms in total. The minimum atomic E-state index is -0.820. The number of ether oxygens (including phenoxy) is 1. The first-order valence-corrected chi connectivity index (χ1v) is 9.25. The van der Waals surface area contributed by atoms with Crippen LogP contribution in [0.1, 0.15) is 33.2 Å². The lowest BCUT2D eigenvalue weighted by molar-refractivity contribution is -0.145. The number of rotatable bonds is 7. The Kier molecular flexibility index (Phi) is 6.53. The van der Waals surface area contributed by atoms with E-state index < -0.39 is 12.0 Å². The minimum Gasteiger partial charge on any atom is -0.456 e. The molecule has 128 valence electrons. The van der Waals surface area contributed by atoms with E-state index in [-0.39, 0.29) is 24.2 Å². The Morgan fingerprint density at radius 3 is 2.50 bits per heavy atom. The van der Waals surface area contributed by atoms with Gasteiger partial charge in [-0.3, -0.25) is 9.59 Å². The van der Waals surface area contributed by atoms with Crippen molar-refractivity contribution in [3.63, 3.8) is 0 Å². The van der Waals surface area contributed by atoms with E-state index in [1.165, 1.54) is 11.3 Å². The molecular formula is C16H16ClNO4S2. The first-order chi connectivity index (χ1) is 11.4. The molecule has 2 aromatic rings. The van der Waals surface area contributed by atoms with E-state index in [2.05, 4.69) is 5.32 Å². The van der Waals surface area contributed by atoms with Crippen molar-refractivity contribution < 1.29 is 19.1 Å². The van der Waals surface area contributed by atoms with Crippen molar-refractivity contribution in [2.45, 2.75) is 19.9 Å². The van der Waals surface area contributed by atoms with Crippen LogP contribution in [-0.2, 0) is 9.53 Å². The molecule has 0 radical (unpaired) electrons. The van der Waals surface area contributed by atoms with Gasteiger partial charge in [-0.15, -0.1) is 22.7 Å². The Bertz CT molecular complexity index is 724. The van der Waals surface area contributed by atoms with Crippen molar-refractivity contribution in [2.24, 2.45) is 5.92 Å². The van der Waals surface area contributed by atoms with Crippen molar-refractivity contribution in [1.29, 1.82) is 0 Å². The summed E-state index contributed by atoms with van der Waals surface area (Å²) < 4.78 is 5.57. The van der Waals surface area contributed by atoms with Crippen LogP contribution in [0.2, 0.25) is 4.34 Å². The van der Waals surface area contributed by atoms with Crippen molar-refractivity contribution in [3.05, 3.63) is 43.7 Å². The van der Waals surface area contributed by atoms with Crippen LogP contribution in [-0.4, -0.2) is 30.3 Å². The van der Waals surface area contributed by atoms with E-state index in [1.54, 1.807) is 43.5 Å². The maximum Gasteiger partial charge on any atom is 0.329 e. The third-order valence-corrected chi connectivity index (χ3v) is 5.29. The Labute approximate surface area is 152 Å². The van der Waals surface area contributed by atoms with E-state index in [4.69, 9.17) is 16.3 Å². The van der Waals surface area contributed by atoms with Gasteiger partial charge in [0.25, 0.3) is 5.91 Å². The zero-order valence-corrected chi connectivity index (χ0v) is 15.5. The summed E-state index contributed by atoms with van der Waals surface area (Å²) in [5.41, 5.74) is 0. The lowest BCUT2D eigenvalue weighted by atomic mass is 10.0. The zero-order valence-electron chi connectivity index (χ0n) is 13.1. The second kappa shape index (κ2) is 8.41. The molecule has 2 aromatic heterocycles. The van der Waals surface area contributed by atoms with E-state index >= 15 is 0 Å². The van der Waals surface area contributed by atoms with Crippen LogP contribution in [0.4, 0.5) is 0 Å². The molecule has 1 amide bonds. The van der Waals surface area contributed by atoms with Crippen LogP contribution in [0.15, 0.2) is 29.6 Å². The molecule has 0 aliphatic heterocycles. The van der Waals surface area contributed by atoms with E-state index in [1.807, 2.05) is 0 Å². The van der Waals surface area contributed by atoms with Gasteiger partial charge >= 0.3 is 5.97 Å². The summed E-state index contributed by atoms with van der Waals surface area (Å²) in [6.45, 7) is 3.21. The molecule has 0 aromatic carbocycles. The van der Waals surface area contributed by atoms with Crippen molar-refractivity contribution in [1.82, 2.24) is 5.32 Å². The number of amides is 1. The van der Waals surface area contributed by atoms with Gasteiger partial charge in [0.05, 0.1) is 14.1 Å². The fourth-order valence-electron chi connectivity index (χ4n) is 1.88. The second-order valence-electron chi connectivity index (χ2n) is 5.31. The molecule has 8 heteroatoms. The van der Waals surface area contributed by atoms with E-state index in [0.29, 0.717) is 14.1 Å². The highest BCUT2D eigenvalue weighted by Crippen LogP contribution is 2.21. The normalized spacial score (nSPS) is 12.0. The molecule has 0 bridgehead atoms. The molecule has 0 saturated heterocycles. The van der Waals surface area contributed by atoms with E-state index in [0.717, 1.165) is 11.3 Å². The number of halogens is 1. The van der Waals surface area contributed by atoms with Gasteiger partial charge in [0.1, 0.15) is 6.04 Å². The van der Waals surface area contributed by atoms with Gasteiger partial charge in [-0.25, -0.2) is 4.79 Å². The third kappa shape index (κ3) is 4.90. The molecular weight excluding hydrogens is 370 g/mol. The van der Waals surface area contributed by atoms with Crippen molar-refractivity contribution in [3.8, 4) is 0 Å². The third-order valence-electron chi connectivity index (χ3n) is 3.15. The summed E-state index contributed by atoms with van der Waals surface area (Å²) in [5.74, 6) is -1.47. The Balaban J connectivity index is 1.94.